The van der Waals surface area contributed by atoms with Crippen molar-refractivity contribution in [3.63, 3.8) is 0 Å². The zero-order chi connectivity index (χ0) is 15.0. The van der Waals surface area contributed by atoms with Crippen molar-refractivity contribution >= 4 is 10.8 Å². The Morgan fingerprint density at radius 2 is 1.62 bits per heavy atom. The van der Waals surface area contributed by atoms with E-state index in [-0.39, 0.29) is 5.56 Å². The SMILES string of the molecule is COc1cc2c(C)[nH]c(=O)c(C3CCCC3)c2cc1OC. The number of ether oxygens (including phenoxy) is 2. The highest BCUT2D eigenvalue weighted by atomic mass is 16.5. The Labute approximate surface area is 124 Å². The lowest BCUT2D eigenvalue weighted by Crippen LogP contribution is -2.17. The van der Waals surface area contributed by atoms with E-state index in [0.717, 1.165) is 34.9 Å². The molecular formula is C17H21NO3. The first-order chi connectivity index (χ1) is 10.2. The van der Waals surface area contributed by atoms with Gasteiger partial charge in [-0.05, 0) is 43.2 Å². The molecule has 1 N–H and O–H groups in total. The van der Waals surface area contributed by atoms with E-state index in [9.17, 15) is 4.79 Å². The largest absolute Gasteiger partial charge is 0.493 e. The number of benzene rings is 1. The van der Waals surface area contributed by atoms with Crippen molar-refractivity contribution in [2.75, 3.05) is 14.2 Å². The first-order valence-corrected chi connectivity index (χ1v) is 7.44. The van der Waals surface area contributed by atoms with Crippen molar-refractivity contribution in [1.29, 1.82) is 0 Å². The third-order valence-corrected chi connectivity index (χ3v) is 4.53. The fourth-order valence-electron chi connectivity index (χ4n) is 3.46. The third-order valence-electron chi connectivity index (χ3n) is 4.53. The Kier molecular flexibility index (Phi) is 3.62. The van der Waals surface area contributed by atoms with Crippen molar-refractivity contribution in [2.24, 2.45) is 0 Å². The molecule has 4 nitrogen and oxygen atoms in total. The number of hydrogen-bond acceptors (Lipinski definition) is 3. The van der Waals surface area contributed by atoms with Crippen LogP contribution in [0.2, 0.25) is 0 Å². The quantitative estimate of drug-likeness (QED) is 0.939. The smallest absolute Gasteiger partial charge is 0.252 e. The van der Waals surface area contributed by atoms with Gasteiger partial charge in [-0.1, -0.05) is 12.8 Å². The fraction of sp³-hybridized carbons (Fsp3) is 0.471. The Bertz CT molecular complexity index is 727. The molecular weight excluding hydrogens is 266 g/mol. The molecule has 0 amide bonds. The predicted molar refractivity (Wildman–Crippen MR) is 83.6 cm³/mol. The minimum Gasteiger partial charge on any atom is -0.493 e. The van der Waals surface area contributed by atoms with Crippen molar-refractivity contribution in [3.05, 3.63) is 33.7 Å². The molecule has 1 fully saturated rings. The van der Waals surface area contributed by atoms with Gasteiger partial charge in [0.05, 0.1) is 14.2 Å². The monoisotopic (exact) mass is 287 g/mol. The molecule has 4 heteroatoms. The van der Waals surface area contributed by atoms with E-state index < -0.39 is 0 Å². The zero-order valence-corrected chi connectivity index (χ0v) is 12.8. The lowest BCUT2D eigenvalue weighted by molar-refractivity contribution is 0.356. The minimum atomic E-state index is 0.0409. The van der Waals surface area contributed by atoms with Crippen LogP contribution in [0.4, 0.5) is 0 Å². The second-order valence-electron chi connectivity index (χ2n) is 5.73. The van der Waals surface area contributed by atoms with Crippen LogP contribution in [0.5, 0.6) is 11.5 Å². The summed E-state index contributed by atoms with van der Waals surface area (Å²) in [7, 11) is 3.25. The lowest BCUT2D eigenvalue weighted by Gasteiger charge is -2.16. The maximum atomic E-state index is 12.5. The molecule has 0 atom stereocenters. The summed E-state index contributed by atoms with van der Waals surface area (Å²) in [5.41, 5.74) is 1.82. The second-order valence-corrected chi connectivity index (χ2v) is 5.73. The number of nitrogens with one attached hydrogen (secondary N) is 1. The maximum Gasteiger partial charge on any atom is 0.252 e. The van der Waals surface area contributed by atoms with Crippen molar-refractivity contribution in [2.45, 2.75) is 38.5 Å². The summed E-state index contributed by atoms with van der Waals surface area (Å²) in [6.45, 7) is 1.92. The number of hydrogen-bond donors (Lipinski definition) is 1. The lowest BCUT2D eigenvalue weighted by atomic mass is 9.93. The first kappa shape index (κ1) is 14.0. The van der Waals surface area contributed by atoms with Gasteiger partial charge < -0.3 is 14.5 Å². The Balaban J connectivity index is 2.33. The van der Waals surface area contributed by atoms with E-state index in [0.29, 0.717) is 17.4 Å². The molecule has 1 aliphatic rings. The van der Waals surface area contributed by atoms with Gasteiger partial charge in [0.2, 0.25) is 0 Å². The predicted octanol–water partition coefficient (Wildman–Crippen LogP) is 3.51. The molecule has 2 aromatic rings. The third kappa shape index (κ3) is 2.28. The molecule has 0 spiro atoms. The number of fused-ring (bicyclic) bond motifs is 1. The summed E-state index contributed by atoms with van der Waals surface area (Å²) in [5, 5.41) is 2.04. The van der Waals surface area contributed by atoms with Gasteiger partial charge in [0, 0.05) is 16.6 Å². The van der Waals surface area contributed by atoms with Crippen LogP contribution >= 0.6 is 0 Å². The maximum absolute atomic E-state index is 12.5. The van der Waals surface area contributed by atoms with Crippen molar-refractivity contribution in [3.8, 4) is 11.5 Å². The van der Waals surface area contributed by atoms with Crippen LogP contribution in [-0.4, -0.2) is 19.2 Å². The molecule has 1 saturated carbocycles. The number of rotatable bonds is 3. The molecule has 1 heterocycles. The summed E-state index contributed by atoms with van der Waals surface area (Å²) < 4.78 is 10.8. The molecule has 0 bridgehead atoms. The van der Waals surface area contributed by atoms with Crippen LogP contribution in [0.3, 0.4) is 0 Å². The van der Waals surface area contributed by atoms with E-state index in [1.165, 1.54) is 12.8 Å². The van der Waals surface area contributed by atoms with Crippen LogP contribution in [0.15, 0.2) is 16.9 Å². The van der Waals surface area contributed by atoms with E-state index in [2.05, 4.69) is 4.98 Å². The standard InChI is InChI=1S/C17H21NO3/c1-10-12-8-14(20-2)15(21-3)9-13(12)16(17(19)18-10)11-6-4-5-7-11/h8-9,11H,4-7H2,1-3H3,(H,18,19). The molecule has 0 unspecified atom stereocenters. The minimum absolute atomic E-state index is 0.0409. The molecule has 0 saturated heterocycles. The highest BCUT2D eigenvalue weighted by Gasteiger charge is 2.24. The van der Waals surface area contributed by atoms with Gasteiger partial charge >= 0.3 is 0 Å². The normalized spacial score (nSPS) is 15.6. The van der Waals surface area contributed by atoms with Gasteiger partial charge in [-0.15, -0.1) is 0 Å². The number of aromatic amines is 1. The van der Waals surface area contributed by atoms with Crippen LogP contribution in [0, 0.1) is 6.92 Å². The molecule has 21 heavy (non-hydrogen) atoms. The van der Waals surface area contributed by atoms with Gasteiger partial charge in [0.15, 0.2) is 11.5 Å². The fourth-order valence-corrected chi connectivity index (χ4v) is 3.46. The number of aryl methyl sites for hydroxylation is 1. The Morgan fingerprint density at radius 1 is 1.05 bits per heavy atom. The molecule has 1 aromatic carbocycles. The average molecular weight is 287 g/mol. The molecule has 0 radical (unpaired) electrons. The molecule has 112 valence electrons. The van der Waals surface area contributed by atoms with Crippen LogP contribution < -0.4 is 15.0 Å². The molecule has 1 aromatic heterocycles. The Morgan fingerprint density at radius 3 is 2.19 bits per heavy atom. The van der Waals surface area contributed by atoms with Crippen molar-refractivity contribution in [1.82, 2.24) is 4.98 Å². The van der Waals surface area contributed by atoms with Gasteiger partial charge in [-0.2, -0.15) is 0 Å². The summed E-state index contributed by atoms with van der Waals surface area (Å²) >= 11 is 0. The summed E-state index contributed by atoms with van der Waals surface area (Å²) in [5.74, 6) is 1.72. The van der Waals surface area contributed by atoms with E-state index in [1.807, 2.05) is 19.1 Å². The average Bonchev–Trinajstić information content (AvgIpc) is 3.00. The van der Waals surface area contributed by atoms with Crippen LogP contribution in [0.1, 0.15) is 42.9 Å². The molecule has 3 rings (SSSR count). The van der Waals surface area contributed by atoms with Crippen LogP contribution in [0.25, 0.3) is 10.8 Å². The topological polar surface area (TPSA) is 51.3 Å². The van der Waals surface area contributed by atoms with Gasteiger partial charge in [-0.3, -0.25) is 4.79 Å². The van der Waals surface area contributed by atoms with E-state index in [4.69, 9.17) is 9.47 Å². The number of aromatic nitrogens is 1. The summed E-state index contributed by atoms with van der Waals surface area (Å²) in [6, 6.07) is 3.90. The molecule has 0 aliphatic heterocycles. The first-order valence-electron chi connectivity index (χ1n) is 7.44. The van der Waals surface area contributed by atoms with Crippen molar-refractivity contribution < 1.29 is 9.47 Å². The number of H-pyrrole nitrogens is 1. The van der Waals surface area contributed by atoms with Crippen LogP contribution in [-0.2, 0) is 0 Å². The second kappa shape index (κ2) is 5.43. The highest BCUT2D eigenvalue weighted by molar-refractivity contribution is 5.90. The summed E-state index contributed by atoms with van der Waals surface area (Å²) in [6.07, 6.45) is 4.59. The van der Waals surface area contributed by atoms with Gasteiger partial charge in [-0.25, -0.2) is 0 Å². The van der Waals surface area contributed by atoms with E-state index >= 15 is 0 Å². The van der Waals surface area contributed by atoms with Gasteiger partial charge in [0.1, 0.15) is 0 Å². The zero-order valence-electron chi connectivity index (χ0n) is 12.8. The number of pyridine rings is 1. The van der Waals surface area contributed by atoms with Gasteiger partial charge in [0.25, 0.3) is 5.56 Å². The summed E-state index contributed by atoms with van der Waals surface area (Å²) in [4.78, 5) is 15.5. The number of methoxy groups -OCH3 is 2. The highest BCUT2D eigenvalue weighted by Crippen LogP contribution is 2.39. The van der Waals surface area contributed by atoms with E-state index in [1.54, 1.807) is 14.2 Å². The molecule has 1 aliphatic carbocycles. The Hall–Kier alpha value is -1.97.